The summed E-state index contributed by atoms with van der Waals surface area (Å²) in [4.78, 5) is 2.35. The molecule has 0 radical (unpaired) electrons. The molecule has 1 atom stereocenters. The zero-order chi connectivity index (χ0) is 12.3. The maximum atomic E-state index is 9.26. The van der Waals surface area contributed by atoms with Crippen molar-refractivity contribution in [1.29, 1.82) is 5.26 Å². The Balaban J connectivity index is 2.34. The number of anilines is 1. The molecule has 0 N–H and O–H groups in total. The summed E-state index contributed by atoms with van der Waals surface area (Å²) in [7, 11) is 0. The third-order valence-corrected chi connectivity index (χ3v) is 4.85. The molecule has 0 aromatic heterocycles. The van der Waals surface area contributed by atoms with E-state index in [0.29, 0.717) is 6.04 Å². The number of nitriles is 1. The third-order valence-electron chi connectivity index (χ3n) is 3.01. The van der Waals surface area contributed by atoms with Crippen LogP contribution in [0.1, 0.15) is 18.1 Å². The molecule has 1 saturated heterocycles. The summed E-state index contributed by atoms with van der Waals surface area (Å²) in [6.45, 7) is 3.26. The first kappa shape index (κ1) is 12.8. The van der Waals surface area contributed by atoms with Gasteiger partial charge in [-0.2, -0.15) is 17.0 Å². The van der Waals surface area contributed by atoms with Crippen molar-refractivity contribution in [2.45, 2.75) is 18.3 Å². The smallest absolute Gasteiger partial charge is 0.101 e. The van der Waals surface area contributed by atoms with Crippen molar-refractivity contribution in [1.82, 2.24) is 0 Å². The Bertz CT molecular complexity index is 442. The van der Waals surface area contributed by atoms with Gasteiger partial charge in [0.1, 0.15) is 6.07 Å². The van der Waals surface area contributed by atoms with E-state index in [1.807, 2.05) is 17.8 Å². The second-order valence-electron chi connectivity index (χ2n) is 4.21. The normalized spacial score (nSPS) is 20.1. The van der Waals surface area contributed by atoms with E-state index in [2.05, 4.69) is 46.0 Å². The van der Waals surface area contributed by atoms with E-state index in [1.54, 1.807) is 0 Å². The van der Waals surface area contributed by atoms with Crippen molar-refractivity contribution in [3.8, 4) is 6.07 Å². The monoisotopic (exact) mass is 310 g/mol. The van der Waals surface area contributed by atoms with Crippen molar-refractivity contribution in [3.05, 3.63) is 29.3 Å². The van der Waals surface area contributed by atoms with Crippen molar-refractivity contribution < 1.29 is 0 Å². The fourth-order valence-corrected chi connectivity index (χ4v) is 3.45. The van der Waals surface area contributed by atoms with Gasteiger partial charge >= 0.3 is 0 Å². The number of halogens is 1. The molecule has 0 amide bonds. The summed E-state index contributed by atoms with van der Waals surface area (Å²) in [6, 6.07) is 8.99. The predicted molar refractivity (Wildman–Crippen MR) is 77.9 cm³/mol. The van der Waals surface area contributed by atoms with Gasteiger partial charge in [0, 0.05) is 29.4 Å². The molecule has 1 aliphatic heterocycles. The Labute approximate surface area is 115 Å². The van der Waals surface area contributed by atoms with Crippen LogP contribution < -0.4 is 4.90 Å². The first-order valence-corrected chi connectivity index (χ1v) is 7.97. The molecule has 0 saturated carbocycles. The lowest BCUT2D eigenvalue weighted by Gasteiger charge is -2.35. The van der Waals surface area contributed by atoms with E-state index >= 15 is 0 Å². The van der Waals surface area contributed by atoms with Gasteiger partial charge in [-0.05, 0) is 24.6 Å². The van der Waals surface area contributed by atoms with Crippen LogP contribution in [-0.2, 0) is 5.33 Å². The van der Waals surface area contributed by atoms with Gasteiger partial charge in [-0.15, -0.1) is 0 Å². The molecule has 0 bridgehead atoms. The number of alkyl halides is 1. The highest BCUT2D eigenvalue weighted by Crippen LogP contribution is 2.28. The number of thioether (sulfide) groups is 1. The van der Waals surface area contributed by atoms with E-state index in [0.717, 1.165) is 40.2 Å². The van der Waals surface area contributed by atoms with Gasteiger partial charge in [0.2, 0.25) is 0 Å². The van der Waals surface area contributed by atoms with Crippen LogP contribution >= 0.6 is 27.7 Å². The average Bonchev–Trinajstić information content (AvgIpc) is 2.38. The van der Waals surface area contributed by atoms with E-state index < -0.39 is 0 Å². The molecule has 90 valence electrons. The van der Waals surface area contributed by atoms with Crippen LogP contribution in [0.2, 0.25) is 0 Å². The number of hydrogen-bond acceptors (Lipinski definition) is 3. The Kier molecular flexibility index (Phi) is 4.36. The Morgan fingerprint density at radius 3 is 3.06 bits per heavy atom. The summed E-state index contributed by atoms with van der Waals surface area (Å²) < 4.78 is 0. The fourth-order valence-electron chi connectivity index (χ4n) is 2.09. The minimum absolute atomic E-state index is 0.510. The summed E-state index contributed by atoms with van der Waals surface area (Å²) >= 11 is 5.42. The Morgan fingerprint density at radius 2 is 2.41 bits per heavy atom. The topological polar surface area (TPSA) is 27.0 Å². The van der Waals surface area contributed by atoms with Gasteiger partial charge < -0.3 is 4.90 Å². The summed E-state index contributed by atoms with van der Waals surface area (Å²) in [5.74, 6) is 2.29. The lowest BCUT2D eigenvalue weighted by atomic mass is 10.1. The van der Waals surface area contributed by atoms with E-state index in [9.17, 15) is 5.26 Å². The highest BCUT2D eigenvalue weighted by Gasteiger charge is 2.21. The Hall–Kier alpha value is -0.660. The first-order valence-electron chi connectivity index (χ1n) is 5.69. The second-order valence-corrected chi connectivity index (χ2v) is 5.92. The fraction of sp³-hybridized carbons (Fsp3) is 0.462. The van der Waals surface area contributed by atoms with Crippen LogP contribution in [0.5, 0.6) is 0 Å². The number of nitrogens with zero attached hydrogens (tertiary/aromatic N) is 2. The van der Waals surface area contributed by atoms with Gasteiger partial charge in [0.25, 0.3) is 0 Å². The van der Waals surface area contributed by atoms with E-state index in [4.69, 9.17) is 0 Å². The van der Waals surface area contributed by atoms with Gasteiger partial charge in [-0.3, -0.25) is 0 Å². The second kappa shape index (κ2) is 5.79. The minimum atomic E-state index is 0.510. The molecule has 1 aliphatic rings. The summed E-state index contributed by atoms with van der Waals surface area (Å²) in [5.41, 5.74) is 3.04. The molecule has 2 nitrogen and oxygen atoms in total. The molecule has 1 aromatic carbocycles. The van der Waals surface area contributed by atoms with Gasteiger partial charge in [0.05, 0.1) is 11.3 Å². The van der Waals surface area contributed by atoms with Crippen LogP contribution in [0.25, 0.3) is 0 Å². The molecular formula is C13H15BrN2S. The van der Waals surface area contributed by atoms with Gasteiger partial charge in [-0.25, -0.2) is 0 Å². The lowest BCUT2D eigenvalue weighted by molar-refractivity contribution is 0.699. The van der Waals surface area contributed by atoms with Crippen LogP contribution in [0.15, 0.2) is 18.2 Å². The van der Waals surface area contributed by atoms with Gasteiger partial charge in [0.15, 0.2) is 0 Å². The largest absolute Gasteiger partial charge is 0.366 e. The highest BCUT2D eigenvalue weighted by molar-refractivity contribution is 9.08. The number of hydrogen-bond donors (Lipinski definition) is 0. The Morgan fingerprint density at radius 1 is 1.59 bits per heavy atom. The van der Waals surface area contributed by atoms with Crippen LogP contribution in [0, 0.1) is 11.3 Å². The number of benzene rings is 1. The third kappa shape index (κ3) is 2.78. The molecule has 1 aromatic rings. The molecule has 0 spiro atoms. The predicted octanol–water partition coefficient (Wildman–Crippen LogP) is 3.39. The molecule has 2 rings (SSSR count). The SMILES string of the molecule is CC1CSCCN1c1ccc(CBr)cc1C#N. The average molecular weight is 311 g/mol. The van der Waals surface area contributed by atoms with Crippen molar-refractivity contribution in [2.75, 3.05) is 23.0 Å². The van der Waals surface area contributed by atoms with Crippen molar-refractivity contribution in [3.63, 3.8) is 0 Å². The zero-order valence-electron chi connectivity index (χ0n) is 9.82. The maximum absolute atomic E-state index is 9.26. The molecule has 1 heterocycles. The van der Waals surface area contributed by atoms with E-state index in [1.165, 1.54) is 0 Å². The number of rotatable bonds is 2. The molecule has 1 fully saturated rings. The summed E-state index contributed by atoms with van der Waals surface area (Å²) in [6.07, 6.45) is 0. The minimum Gasteiger partial charge on any atom is -0.366 e. The van der Waals surface area contributed by atoms with Crippen molar-refractivity contribution in [2.24, 2.45) is 0 Å². The van der Waals surface area contributed by atoms with Crippen molar-refractivity contribution >= 4 is 33.4 Å². The van der Waals surface area contributed by atoms with Crippen LogP contribution in [0.4, 0.5) is 5.69 Å². The zero-order valence-corrected chi connectivity index (χ0v) is 12.2. The highest BCUT2D eigenvalue weighted by atomic mass is 79.9. The summed E-state index contributed by atoms with van der Waals surface area (Å²) in [5, 5.41) is 10.1. The maximum Gasteiger partial charge on any atom is 0.101 e. The molecular weight excluding hydrogens is 296 g/mol. The molecule has 1 unspecified atom stereocenters. The standard InChI is InChI=1S/C13H15BrN2S/c1-10-9-17-5-4-16(10)13-3-2-11(7-14)6-12(13)8-15/h2-3,6,10H,4-5,7,9H2,1H3. The molecule has 17 heavy (non-hydrogen) atoms. The first-order chi connectivity index (χ1) is 8.26. The van der Waals surface area contributed by atoms with Gasteiger partial charge in [-0.1, -0.05) is 22.0 Å². The van der Waals surface area contributed by atoms with Crippen LogP contribution in [-0.4, -0.2) is 24.1 Å². The quantitative estimate of drug-likeness (QED) is 0.783. The molecule has 4 heteroatoms. The van der Waals surface area contributed by atoms with E-state index in [-0.39, 0.29) is 0 Å². The lowest BCUT2D eigenvalue weighted by Crippen LogP contribution is -2.40. The van der Waals surface area contributed by atoms with Crippen LogP contribution in [0.3, 0.4) is 0 Å². The molecule has 0 aliphatic carbocycles.